The monoisotopic (exact) mass is 221 g/mol. The number of rotatable bonds is 2. The molecule has 0 aromatic heterocycles. The van der Waals surface area contributed by atoms with Gasteiger partial charge in [0.2, 0.25) is 0 Å². The van der Waals surface area contributed by atoms with Gasteiger partial charge in [0.15, 0.2) is 0 Å². The molecule has 1 aliphatic carbocycles. The largest absolute Gasteiger partial charge is 0.326 e. The van der Waals surface area contributed by atoms with Crippen LogP contribution >= 0.6 is 0 Å². The average Bonchev–Trinajstić information content (AvgIpc) is 2.82. The lowest BCUT2D eigenvalue weighted by Gasteiger charge is -2.03. The maximum Gasteiger partial charge on any atom is 0.0178 e. The molecule has 1 aliphatic rings. The van der Waals surface area contributed by atoms with Crippen LogP contribution in [0.2, 0.25) is 0 Å². The molecule has 0 heterocycles. The van der Waals surface area contributed by atoms with E-state index in [1.165, 1.54) is 27.8 Å². The molecule has 2 N–H and O–H groups in total. The summed E-state index contributed by atoms with van der Waals surface area (Å²) in [6, 6.07) is 17.1. The van der Waals surface area contributed by atoms with E-state index in [9.17, 15) is 0 Å². The van der Waals surface area contributed by atoms with E-state index in [2.05, 4.69) is 54.6 Å². The van der Waals surface area contributed by atoms with Crippen molar-refractivity contribution in [3.8, 4) is 0 Å². The summed E-state index contributed by atoms with van der Waals surface area (Å²) in [5.74, 6) is 0. The highest BCUT2D eigenvalue weighted by Gasteiger charge is 2.12. The minimum Gasteiger partial charge on any atom is -0.326 e. The Morgan fingerprint density at radius 3 is 2.41 bits per heavy atom. The van der Waals surface area contributed by atoms with Crippen molar-refractivity contribution in [1.29, 1.82) is 0 Å². The number of hydrogen-bond acceptors (Lipinski definition) is 1. The summed E-state index contributed by atoms with van der Waals surface area (Å²) in [5, 5.41) is 0. The van der Waals surface area contributed by atoms with Gasteiger partial charge in [-0.2, -0.15) is 0 Å². The van der Waals surface area contributed by atoms with E-state index in [0.29, 0.717) is 6.54 Å². The van der Waals surface area contributed by atoms with Gasteiger partial charge in [-0.15, -0.1) is 0 Å². The summed E-state index contributed by atoms with van der Waals surface area (Å²) in [7, 11) is 0. The zero-order valence-electron chi connectivity index (χ0n) is 9.69. The number of nitrogens with two attached hydrogens (primary N) is 1. The molecule has 1 nitrogen and oxygen atoms in total. The third-order valence-electron chi connectivity index (χ3n) is 3.33. The molecule has 3 rings (SSSR count). The SMILES string of the molecule is NCc1ccc(C2=Cc3ccccc3C2)cc1. The van der Waals surface area contributed by atoms with Crippen molar-refractivity contribution >= 4 is 11.6 Å². The molecule has 0 spiro atoms. The first-order valence-corrected chi connectivity index (χ1v) is 5.94. The first-order valence-electron chi connectivity index (χ1n) is 5.94. The van der Waals surface area contributed by atoms with Crippen molar-refractivity contribution in [2.24, 2.45) is 5.73 Å². The van der Waals surface area contributed by atoms with Gasteiger partial charge in [-0.25, -0.2) is 0 Å². The van der Waals surface area contributed by atoms with Crippen LogP contribution in [0.15, 0.2) is 48.5 Å². The molecule has 0 unspecified atom stereocenters. The molecule has 0 saturated carbocycles. The van der Waals surface area contributed by atoms with E-state index in [4.69, 9.17) is 5.73 Å². The smallest absolute Gasteiger partial charge is 0.0178 e. The lowest BCUT2D eigenvalue weighted by Crippen LogP contribution is -1.95. The minimum atomic E-state index is 0.611. The highest BCUT2D eigenvalue weighted by Crippen LogP contribution is 2.31. The molecule has 2 aromatic rings. The van der Waals surface area contributed by atoms with E-state index < -0.39 is 0 Å². The minimum absolute atomic E-state index is 0.611. The maximum atomic E-state index is 5.61. The molecule has 2 aromatic carbocycles. The second kappa shape index (κ2) is 4.19. The van der Waals surface area contributed by atoms with Crippen molar-refractivity contribution in [3.05, 3.63) is 70.8 Å². The van der Waals surface area contributed by atoms with Crippen LogP contribution in [-0.2, 0) is 13.0 Å². The van der Waals surface area contributed by atoms with Gasteiger partial charge < -0.3 is 5.73 Å². The molecule has 0 saturated heterocycles. The van der Waals surface area contributed by atoms with E-state index in [1.54, 1.807) is 0 Å². The van der Waals surface area contributed by atoms with Gasteiger partial charge in [0.05, 0.1) is 0 Å². The van der Waals surface area contributed by atoms with Crippen LogP contribution in [0.5, 0.6) is 0 Å². The number of fused-ring (bicyclic) bond motifs is 1. The van der Waals surface area contributed by atoms with Crippen molar-refractivity contribution in [2.45, 2.75) is 13.0 Å². The zero-order valence-corrected chi connectivity index (χ0v) is 9.69. The normalized spacial score (nSPS) is 13.4. The van der Waals surface area contributed by atoms with Crippen LogP contribution in [-0.4, -0.2) is 0 Å². The molecule has 1 heteroatoms. The third kappa shape index (κ3) is 1.90. The van der Waals surface area contributed by atoms with Crippen molar-refractivity contribution in [2.75, 3.05) is 0 Å². The highest BCUT2D eigenvalue weighted by atomic mass is 14.5. The standard InChI is InChI=1S/C16H15N/c17-11-12-5-7-13(8-6-12)16-9-14-3-1-2-4-15(14)10-16/h1-9H,10-11,17H2. The summed E-state index contributed by atoms with van der Waals surface area (Å²) in [4.78, 5) is 0. The van der Waals surface area contributed by atoms with Crippen LogP contribution in [0.25, 0.3) is 11.6 Å². The van der Waals surface area contributed by atoms with Crippen LogP contribution in [0, 0.1) is 0 Å². The molecule has 0 atom stereocenters. The van der Waals surface area contributed by atoms with Crippen LogP contribution in [0.3, 0.4) is 0 Å². The van der Waals surface area contributed by atoms with Gasteiger partial charge in [-0.3, -0.25) is 0 Å². The molecule has 0 radical (unpaired) electrons. The van der Waals surface area contributed by atoms with E-state index in [-0.39, 0.29) is 0 Å². The lowest BCUT2D eigenvalue weighted by atomic mass is 10.0. The molecule has 84 valence electrons. The summed E-state index contributed by atoms with van der Waals surface area (Å²) in [6.07, 6.45) is 3.32. The first kappa shape index (κ1) is 10.3. The maximum absolute atomic E-state index is 5.61. The third-order valence-corrected chi connectivity index (χ3v) is 3.33. The number of benzene rings is 2. The summed E-state index contributed by atoms with van der Waals surface area (Å²) in [6.45, 7) is 0.611. The summed E-state index contributed by atoms with van der Waals surface area (Å²) in [5.41, 5.74) is 12.3. The molecule has 0 amide bonds. The summed E-state index contributed by atoms with van der Waals surface area (Å²) >= 11 is 0. The van der Waals surface area contributed by atoms with Crippen molar-refractivity contribution in [3.63, 3.8) is 0 Å². The molecule has 17 heavy (non-hydrogen) atoms. The zero-order chi connectivity index (χ0) is 11.7. The second-order valence-corrected chi connectivity index (χ2v) is 4.45. The Hall–Kier alpha value is -1.86. The Bertz CT molecular complexity index is 564. The van der Waals surface area contributed by atoms with E-state index in [0.717, 1.165) is 6.42 Å². The van der Waals surface area contributed by atoms with Crippen LogP contribution in [0.1, 0.15) is 22.3 Å². The predicted octanol–water partition coefficient (Wildman–Crippen LogP) is 3.24. The van der Waals surface area contributed by atoms with Gasteiger partial charge in [-0.05, 0) is 34.2 Å². The second-order valence-electron chi connectivity index (χ2n) is 4.45. The van der Waals surface area contributed by atoms with Crippen LogP contribution < -0.4 is 5.73 Å². The Kier molecular flexibility index (Phi) is 2.54. The van der Waals surface area contributed by atoms with Gasteiger partial charge in [0.25, 0.3) is 0 Å². The molecule has 0 fully saturated rings. The fraction of sp³-hybridized carbons (Fsp3) is 0.125. The van der Waals surface area contributed by atoms with Gasteiger partial charge in [0, 0.05) is 6.54 Å². The van der Waals surface area contributed by atoms with Crippen molar-refractivity contribution in [1.82, 2.24) is 0 Å². The lowest BCUT2D eigenvalue weighted by molar-refractivity contribution is 1.07. The summed E-state index contributed by atoms with van der Waals surface area (Å²) < 4.78 is 0. The highest BCUT2D eigenvalue weighted by molar-refractivity contribution is 5.88. The molecule has 0 bridgehead atoms. The predicted molar refractivity (Wildman–Crippen MR) is 72.4 cm³/mol. The van der Waals surface area contributed by atoms with Gasteiger partial charge >= 0.3 is 0 Å². The van der Waals surface area contributed by atoms with E-state index >= 15 is 0 Å². The number of hydrogen-bond donors (Lipinski definition) is 1. The van der Waals surface area contributed by atoms with E-state index in [1.807, 2.05) is 0 Å². The van der Waals surface area contributed by atoms with Crippen molar-refractivity contribution < 1.29 is 0 Å². The Morgan fingerprint density at radius 1 is 0.941 bits per heavy atom. The quantitative estimate of drug-likeness (QED) is 0.827. The molecular formula is C16H15N. The van der Waals surface area contributed by atoms with Crippen LogP contribution in [0.4, 0.5) is 0 Å². The Morgan fingerprint density at radius 2 is 1.71 bits per heavy atom. The molecule has 0 aliphatic heterocycles. The fourth-order valence-corrected chi connectivity index (χ4v) is 2.32. The first-order chi connectivity index (χ1) is 8.36. The fourth-order valence-electron chi connectivity index (χ4n) is 2.32. The Balaban J connectivity index is 1.92. The Labute approximate surface area is 102 Å². The topological polar surface area (TPSA) is 26.0 Å². The number of allylic oxidation sites excluding steroid dienone is 1. The van der Waals surface area contributed by atoms with Gasteiger partial charge in [0.1, 0.15) is 0 Å². The average molecular weight is 221 g/mol. The van der Waals surface area contributed by atoms with Gasteiger partial charge in [-0.1, -0.05) is 54.6 Å². The molecular weight excluding hydrogens is 206 g/mol.